The first-order chi connectivity index (χ1) is 20.8. The highest BCUT2D eigenvalue weighted by atomic mass is 35.5. The zero-order valence-electron chi connectivity index (χ0n) is 25.6. The van der Waals surface area contributed by atoms with E-state index in [0.29, 0.717) is 36.8 Å². The van der Waals surface area contributed by atoms with Crippen LogP contribution >= 0.6 is 11.6 Å². The molecule has 3 N–H and O–H groups in total. The van der Waals surface area contributed by atoms with Gasteiger partial charge < -0.3 is 20.1 Å². The van der Waals surface area contributed by atoms with Crippen LogP contribution in [0, 0.1) is 22.7 Å². The van der Waals surface area contributed by atoms with Gasteiger partial charge in [-0.15, -0.1) is 6.58 Å². The van der Waals surface area contributed by atoms with Gasteiger partial charge in [-0.3, -0.25) is 29.5 Å². The topological polar surface area (TPSA) is 134 Å². The number of nitrogens with one attached hydrogen (secondary N) is 2. The number of hydrogen-bond donors (Lipinski definition) is 3. The Morgan fingerprint density at radius 1 is 1.23 bits per heavy atom. The third-order valence-electron chi connectivity index (χ3n) is 9.48. The molecule has 5 atom stereocenters. The van der Waals surface area contributed by atoms with Crippen molar-refractivity contribution in [1.82, 2.24) is 15.7 Å². The first kappa shape index (κ1) is 32.2. The predicted octanol–water partition coefficient (Wildman–Crippen LogP) is 4.14. The lowest BCUT2D eigenvalue weighted by Gasteiger charge is -2.36. The van der Waals surface area contributed by atoms with E-state index in [2.05, 4.69) is 17.4 Å². The number of amides is 2. The number of rotatable bonds is 10. The third-order valence-corrected chi connectivity index (χ3v) is 9.72. The van der Waals surface area contributed by atoms with Gasteiger partial charge >= 0.3 is 5.97 Å². The van der Waals surface area contributed by atoms with Gasteiger partial charge in [-0.2, -0.15) is 0 Å². The Hall–Kier alpha value is -3.21. The van der Waals surface area contributed by atoms with E-state index in [1.54, 1.807) is 18.2 Å². The number of Topliss-reactive ketones (excluding diaryl/α,β-unsaturated/α-hetero) is 1. The SMILES string of the molecule is C=C[C@@H]1C[C@]1(CC(=O)[C@@H]1C[C@]2(C=C(c3cccc(Cl)c3)NO2)CN1C(=O)[C@@H](NC(=O)CC1CCOCC1)C(C)(C)C)C(=O)O. The number of carboxylic acid groups (broad SMARTS) is 1. The molecular formula is C33H42ClN3O7. The van der Waals surface area contributed by atoms with Crippen LogP contribution < -0.4 is 10.8 Å². The number of carboxylic acids is 1. The van der Waals surface area contributed by atoms with Crippen LogP contribution in [0.5, 0.6) is 0 Å². The van der Waals surface area contributed by atoms with Gasteiger partial charge in [0.05, 0.1) is 23.7 Å². The molecule has 2 saturated heterocycles. The van der Waals surface area contributed by atoms with E-state index in [1.807, 2.05) is 39.0 Å². The van der Waals surface area contributed by atoms with E-state index >= 15 is 0 Å². The standard InChI is InChI=1S/C33H42ClN3O7/c1-5-22-15-33(22,30(41)42)18-26(38)25-17-32(16-24(36-44-32)21-7-6-8-23(34)14-21)19-37(25)29(40)28(31(2,3)4)35-27(39)13-20-9-11-43-12-10-20/h5-8,14,16,20,22,25,28,36H,1,9-13,15,17-19H2,2-4H3,(H,35,39)(H,41,42)/t22-,25+,28-,32-,33-/m1/s1. The molecule has 0 unspecified atom stereocenters. The number of ether oxygens (including phenoxy) is 1. The van der Waals surface area contributed by atoms with Crippen LogP contribution in [-0.4, -0.2) is 71.0 Å². The quantitative estimate of drug-likeness (QED) is 0.330. The summed E-state index contributed by atoms with van der Waals surface area (Å²) in [5.74, 6) is -2.15. The van der Waals surface area contributed by atoms with Crippen LogP contribution in [0.1, 0.15) is 64.9 Å². The summed E-state index contributed by atoms with van der Waals surface area (Å²) >= 11 is 6.21. The molecule has 10 nitrogen and oxygen atoms in total. The molecular weight excluding hydrogens is 586 g/mol. The van der Waals surface area contributed by atoms with Crippen molar-refractivity contribution in [2.45, 2.75) is 77.0 Å². The van der Waals surface area contributed by atoms with Gasteiger partial charge in [0.25, 0.3) is 0 Å². The number of aliphatic carboxylic acids is 1. The Bertz CT molecular complexity index is 1370. The molecule has 1 spiro atoms. The maximum Gasteiger partial charge on any atom is 0.310 e. The fraction of sp³-hybridized carbons (Fsp3) is 0.576. The zero-order valence-corrected chi connectivity index (χ0v) is 26.3. The number of hydrogen-bond acceptors (Lipinski definition) is 7. The highest BCUT2D eigenvalue weighted by Crippen LogP contribution is 2.57. The van der Waals surface area contributed by atoms with E-state index in [0.717, 1.165) is 18.4 Å². The minimum absolute atomic E-state index is 0.0483. The lowest BCUT2D eigenvalue weighted by Crippen LogP contribution is -2.57. The van der Waals surface area contributed by atoms with Crippen LogP contribution in [0.2, 0.25) is 5.02 Å². The summed E-state index contributed by atoms with van der Waals surface area (Å²) in [6.45, 7) is 10.6. The molecule has 1 aromatic carbocycles. The number of hydroxylamine groups is 1. The minimum Gasteiger partial charge on any atom is -0.481 e. The van der Waals surface area contributed by atoms with Crippen molar-refractivity contribution >= 4 is 40.9 Å². The second kappa shape index (κ2) is 12.3. The Morgan fingerprint density at radius 2 is 1.95 bits per heavy atom. The molecule has 0 radical (unpaired) electrons. The van der Waals surface area contributed by atoms with Gasteiger partial charge in [0.2, 0.25) is 11.8 Å². The van der Waals surface area contributed by atoms with E-state index in [9.17, 15) is 24.3 Å². The fourth-order valence-corrected chi connectivity index (χ4v) is 6.91. The van der Waals surface area contributed by atoms with Gasteiger partial charge in [0.15, 0.2) is 5.78 Å². The highest BCUT2D eigenvalue weighted by Gasteiger charge is 2.62. The molecule has 3 aliphatic heterocycles. The van der Waals surface area contributed by atoms with Crippen LogP contribution in [0.3, 0.4) is 0 Å². The second-order valence-electron chi connectivity index (χ2n) is 13.8. The van der Waals surface area contributed by atoms with Gasteiger partial charge in [-0.05, 0) is 54.7 Å². The molecule has 3 fully saturated rings. The summed E-state index contributed by atoms with van der Waals surface area (Å²) < 4.78 is 5.42. The van der Waals surface area contributed by atoms with Crippen molar-refractivity contribution in [3.63, 3.8) is 0 Å². The Balaban J connectivity index is 1.42. The molecule has 5 rings (SSSR count). The monoisotopic (exact) mass is 627 g/mol. The molecule has 0 aromatic heterocycles. The van der Waals surface area contributed by atoms with Gasteiger partial charge in [-0.25, -0.2) is 0 Å². The summed E-state index contributed by atoms with van der Waals surface area (Å²) in [5, 5.41) is 13.5. The van der Waals surface area contributed by atoms with Crippen molar-refractivity contribution in [2.75, 3.05) is 19.8 Å². The number of benzene rings is 1. The molecule has 4 aliphatic rings. The molecule has 238 valence electrons. The van der Waals surface area contributed by atoms with Crippen molar-refractivity contribution in [1.29, 1.82) is 0 Å². The van der Waals surface area contributed by atoms with E-state index in [-0.39, 0.29) is 42.9 Å². The second-order valence-corrected chi connectivity index (χ2v) is 14.2. The molecule has 44 heavy (non-hydrogen) atoms. The summed E-state index contributed by atoms with van der Waals surface area (Å²) in [6, 6.07) is 5.37. The molecule has 11 heteroatoms. The Kier molecular flexibility index (Phi) is 8.99. The summed E-state index contributed by atoms with van der Waals surface area (Å²) in [4.78, 5) is 61.4. The lowest BCUT2D eigenvalue weighted by molar-refractivity contribution is -0.148. The normalized spacial score (nSPS) is 29.1. The van der Waals surface area contributed by atoms with E-state index in [4.69, 9.17) is 21.2 Å². The van der Waals surface area contributed by atoms with Crippen molar-refractivity contribution in [2.24, 2.45) is 22.7 Å². The van der Waals surface area contributed by atoms with Crippen LogP contribution in [0.25, 0.3) is 5.70 Å². The van der Waals surface area contributed by atoms with Crippen LogP contribution in [0.15, 0.2) is 43.0 Å². The third kappa shape index (κ3) is 6.57. The average molecular weight is 628 g/mol. The number of allylic oxidation sites excluding steroid dienone is 1. The summed E-state index contributed by atoms with van der Waals surface area (Å²) in [5.41, 5.74) is 1.45. The smallest absolute Gasteiger partial charge is 0.310 e. The minimum atomic E-state index is -1.22. The fourth-order valence-electron chi connectivity index (χ4n) is 6.72. The van der Waals surface area contributed by atoms with E-state index in [1.165, 1.54) is 4.90 Å². The largest absolute Gasteiger partial charge is 0.481 e. The van der Waals surface area contributed by atoms with Gasteiger partial charge in [-0.1, -0.05) is 50.6 Å². The van der Waals surface area contributed by atoms with Crippen molar-refractivity contribution < 1.29 is 33.9 Å². The van der Waals surface area contributed by atoms with E-state index < -0.39 is 40.4 Å². The molecule has 1 aromatic rings. The Morgan fingerprint density at radius 3 is 2.57 bits per heavy atom. The number of carbonyl (C=O) groups is 4. The maximum absolute atomic E-state index is 14.4. The number of nitrogens with zero attached hydrogens (tertiary/aromatic N) is 1. The molecule has 3 heterocycles. The first-order valence-electron chi connectivity index (χ1n) is 15.3. The number of halogens is 1. The molecule has 1 aliphatic carbocycles. The van der Waals surface area contributed by atoms with Crippen molar-refractivity contribution in [3.8, 4) is 0 Å². The molecule has 2 amide bonds. The Labute approximate surface area is 263 Å². The average Bonchev–Trinajstić information content (AvgIpc) is 3.34. The first-order valence-corrected chi connectivity index (χ1v) is 15.6. The van der Waals surface area contributed by atoms with Crippen molar-refractivity contribution in [3.05, 3.63) is 53.6 Å². The van der Waals surface area contributed by atoms with Gasteiger partial charge in [0.1, 0.15) is 11.6 Å². The van der Waals surface area contributed by atoms with Gasteiger partial charge in [0, 0.05) is 43.1 Å². The lowest BCUT2D eigenvalue weighted by atomic mass is 9.84. The predicted molar refractivity (Wildman–Crippen MR) is 164 cm³/mol. The highest BCUT2D eigenvalue weighted by molar-refractivity contribution is 6.30. The maximum atomic E-state index is 14.4. The number of carbonyl (C=O) groups excluding carboxylic acids is 3. The molecule has 0 bridgehead atoms. The summed E-state index contributed by atoms with van der Waals surface area (Å²) in [6.07, 6.45) is 5.54. The summed E-state index contributed by atoms with van der Waals surface area (Å²) in [7, 11) is 0. The van der Waals surface area contributed by atoms with Crippen LogP contribution in [-0.2, 0) is 28.8 Å². The van der Waals surface area contributed by atoms with Crippen LogP contribution in [0.4, 0.5) is 0 Å². The molecule has 1 saturated carbocycles. The number of ketones is 1. The zero-order chi connectivity index (χ0) is 31.9. The number of likely N-dealkylation sites (tertiary alicyclic amines) is 1.